The highest BCUT2D eigenvalue weighted by Gasteiger charge is 2.40. The number of benzene rings is 2. The van der Waals surface area contributed by atoms with E-state index in [0.29, 0.717) is 5.69 Å². The van der Waals surface area contributed by atoms with E-state index in [2.05, 4.69) is 20.3 Å². The molecule has 11 heteroatoms. The third kappa shape index (κ3) is 3.71. The molecule has 2 aromatic carbocycles. The maximum atomic E-state index is 14.8. The summed E-state index contributed by atoms with van der Waals surface area (Å²) in [6.07, 6.45) is 9.10. The van der Waals surface area contributed by atoms with Crippen molar-refractivity contribution in [1.29, 1.82) is 0 Å². The van der Waals surface area contributed by atoms with Crippen molar-refractivity contribution in [3.8, 4) is 11.4 Å². The maximum absolute atomic E-state index is 14.8. The van der Waals surface area contributed by atoms with E-state index in [-0.39, 0.29) is 17.8 Å². The topological polar surface area (TPSA) is 109 Å². The lowest BCUT2D eigenvalue weighted by atomic mass is 9.86. The van der Waals surface area contributed by atoms with Crippen LogP contribution in [-0.2, 0) is 12.1 Å². The van der Waals surface area contributed by atoms with Crippen LogP contribution in [-0.4, -0.2) is 44.0 Å². The quantitative estimate of drug-likeness (QED) is 0.399. The van der Waals surface area contributed by atoms with Crippen molar-refractivity contribution >= 4 is 0 Å². The Morgan fingerprint density at radius 2 is 1.71 bits per heavy atom. The van der Waals surface area contributed by atoms with Crippen LogP contribution in [0.3, 0.4) is 0 Å². The lowest BCUT2D eigenvalue weighted by Gasteiger charge is -2.35. The van der Waals surface area contributed by atoms with E-state index >= 15 is 0 Å². The van der Waals surface area contributed by atoms with Crippen LogP contribution in [0.2, 0.25) is 0 Å². The smallest absolute Gasteiger partial charge is 0.333 e. The average molecular weight is 460 g/mol. The summed E-state index contributed by atoms with van der Waals surface area (Å²) in [7, 11) is 0. The second-order valence-corrected chi connectivity index (χ2v) is 7.87. The predicted molar refractivity (Wildman–Crippen MR) is 120 cm³/mol. The van der Waals surface area contributed by atoms with Gasteiger partial charge in [0, 0.05) is 18.0 Å². The van der Waals surface area contributed by atoms with E-state index in [1.165, 1.54) is 43.4 Å². The van der Waals surface area contributed by atoms with Crippen molar-refractivity contribution in [3.63, 3.8) is 0 Å². The number of aliphatic hydroxyl groups is 1. The predicted octanol–water partition coefficient (Wildman–Crippen LogP) is 2.10. The van der Waals surface area contributed by atoms with Gasteiger partial charge in [-0.25, -0.2) is 18.9 Å². The number of hydrogen-bond donors (Lipinski definition) is 1. The Kier molecular flexibility index (Phi) is 5.38. The molecule has 10 nitrogen and oxygen atoms in total. The fraction of sp³-hybridized carbons (Fsp3) is 0.174. The first-order valence-corrected chi connectivity index (χ1v) is 10.5. The second-order valence-electron chi connectivity index (χ2n) is 7.87. The largest absolute Gasteiger partial charge is 0.381 e. The summed E-state index contributed by atoms with van der Waals surface area (Å²) in [6.45, 7) is 1.57. The molecule has 34 heavy (non-hydrogen) atoms. The number of aromatic nitrogens is 8. The molecule has 3 aromatic heterocycles. The first-order chi connectivity index (χ1) is 16.5. The molecule has 172 valence electrons. The molecule has 0 bridgehead atoms. The molecule has 0 saturated carbocycles. The lowest BCUT2D eigenvalue weighted by Crippen LogP contribution is -2.43. The average Bonchev–Trinajstić information content (AvgIpc) is 3.62. The van der Waals surface area contributed by atoms with Crippen molar-refractivity contribution in [2.75, 3.05) is 0 Å². The standard InChI is InChI=1S/C23H21FN8O2/c1-17(23(34,14-29-16-25-15-28-29)20-4-2-3-5-21(20)24)30-12-13-31(22(30)33)18-6-8-19(9-7-18)32-26-10-11-27-32/h2-13,15-17,34H,14H2,1H3/t17-,23-/m1/s1. The van der Waals surface area contributed by atoms with Crippen molar-refractivity contribution < 1.29 is 9.50 Å². The Bertz CT molecular complexity index is 1440. The highest BCUT2D eigenvalue weighted by atomic mass is 19.1. The van der Waals surface area contributed by atoms with Gasteiger partial charge < -0.3 is 5.11 Å². The number of imidazole rings is 1. The van der Waals surface area contributed by atoms with Gasteiger partial charge in [-0.3, -0.25) is 9.13 Å². The Morgan fingerprint density at radius 3 is 2.38 bits per heavy atom. The number of nitrogens with zero attached hydrogens (tertiary/aromatic N) is 8. The van der Waals surface area contributed by atoms with Gasteiger partial charge in [0.25, 0.3) is 0 Å². The summed E-state index contributed by atoms with van der Waals surface area (Å²) >= 11 is 0. The van der Waals surface area contributed by atoms with Crippen LogP contribution in [0.4, 0.5) is 4.39 Å². The summed E-state index contributed by atoms with van der Waals surface area (Å²) in [5.74, 6) is -0.577. The van der Waals surface area contributed by atoms with E-state index in [4.69, 9.17) is 0 Å². The van der Waals surface area contributed by atoms with Gasteiger partial charge in [-0.05, 0) is 37.3 Å². The van der Waals surface area contributed by atoms with Crippen molar-refractivity contribution in [2.24, 2.45) is 0 Å². The molecule has 0 aliphatic carbocycles. The Hall–Kier alpha value is -4.38. The molecule has 0 fully saturated rings. The molecule has 5 rings (SSSR count). The van der Waals surface area contributed by atoms with Gasteiger partial charge in [-0.1, -0.05) is 18.2 Å². The fourth-order valence-corrected chi connectivity index (χ4v) is 4.02. The molecule has 2 atom stereocenters. The highest BCUT2D eigenvalue weighted by molar-refractivity contribution is 5.40. The summed E-state index contributed by atoms with van der Waals surface area (Å²) in [6, 6.07) is 12.3. The van der Waals surface area contributed by atoms with E-state index in [1.807, 2.05) is 0 Å². The van der Waals surface area contributed by atoms with Gasteiger partial charge in [0.15, 0.2) is 0 Å². The first kappa shape index (κ1) is 21.5. The SMILES string of the molecule is C[C@@H](n1ccn(-c2ccc(-n3nccn3)cc2)c1=O)[C@](O)(Cn1cncn1)c1ccccc1F. The first-order valence-electron chi connectivity index (χ1n) is 10.5. The molecule has 0 spiro atoms. The van der Waals surface area contributed by atoms with E-state index < -0.39 is 17.5 Å². The van der Waals surface area contributed by atoms with E-state index in [9.17, 15) is 14.3 Å². The number of rotatable bonds is 7. The van der Waals surface area contributed by atoms with Gasteiger partial charge in [0.1, 0.15) is 24.1 Å². The second kappa shape index (κ2) is 8.52. The molecule has 3 heterocycles. The third-order valence-electron chi connectivity index (χ3n) is 5.90. The molecular weight excluding hydrogens is 439 g/mol. The summed E-state index contributed by atoms with van der Waals surface area (Å²) in [5.41, 5.74) is -0.738. The van der Waals surface area contributed by atoms with Crippen LogP contribution in [0.1, 0.15) is 18.5 Å². The third-order valence-corrected chi connectivity index (χ3v) is 5.90. The molecule has 0 aliphatic rings. The minimum absolute atomic E-state index is 0.0636. The zero-order valence-electron chi connectivity index (χ0n) is 18.2. The Balaban J connectivity index is 1.52. The Labute approximate surface area is 193 Å². The van der Waals surface area contributed by atoms with Gasteiger partial charge in [0.05, 0.1) is 36.4 Å². The molecule has 0 amide bonds. The van der Waals surface area contributed by atoms with Gasteiger partial charge in [0.2, 0.25) is 0 Å². The van der Waals surface area contributed by atoms with Crippen LogP contribution in [0.25, 0.3) is 11.4 Å². The van der Waals surface area contributed by atoms with Crippen LogP contribution in [0.15, 0.2) is 90.8 Å². The van der Waals surface area contributed by atoms with Crippen molar-refractivity contribution in [3.05, 3.63) is 108 Å². The summed E-state index contributed by atoms with van der Waals surface area (Å²) < 4.78 is 19.0. The minimum Gasteiger partial charge on any atom is -0.381 e. The van der Waals surface area contributed by atoms with E-state index in [1.54, 1.807) is 68.1 Å². The normalized spacial score (nSPS) is 14.1. The fourth-order valence-electron chi connectivity index (χ4n) is 4.02. The maximum Gasteiger partial charge on any atom is 0.333 e. The Morgan fingerprint density at radius 1 is 1.00 bits per heavy atom. The van der Waals surface area contributed by atoms with Crippen LogP contribution >= 0.6 is 0 Å². The monoisotopic (exact) mass is 460 g/mol. The zero-order valence-corrected chi connectivity index (χ0v) is 18.2. The minimum atomic E-state index is -1.79. The molecule has 0 unspecified atom stereocenters. The summed E-state index contributed by atoms with van der Waals surface area (Å²) in [5, 5.41) is 24.0. The molecular formula is C23H21FN8O2. The highest BCUT2D eigenvalue weighted by Crippen LogP contribution is 2.35. The van der Waals surface area contributed by atoms with Gasteiger partial charge in [-0.15, -0.1) is 0 Å². The lowest BCUT2D eigenvalue weighted by molar-refractivity contribution is -0.0341. The van der Waals surface area contributed by atoms with E-state index in [0.717, 1.165) is 5.69 Å². The molecule has 1 N–H and O–H groups in total. The number of halogens is 1. The molecule has 0 aliphatic heterocycles. The summed E-state index contributed by atoms with van der Waals surface area (Å²) in [4.78, 5) is 18.7. The van der Waals surface area contributed by atoms with Crippen LogP contribution < -0.4 is 5.69 Å². The van der Waals surface area contributed by atoms with Crippen molar-refractivity contribution in [1.82, 2.24) is 38.9 Å². The number of hydrogen-bond acceptors (Lipinski definition) is 6. The van der Waals surface area contributed by atoms with Crippen LogP contribution in [0.5, 0.6) is 0 Å². The van der Waals surface area contributed by atoms with Gasteiger partial charge >= 0.3 is 5.69 Å². The van der Waals surface area contributed by atoms with Gasteiger partial charge in [-0.2, -0.15) is 20.1 Å². The molecule has 0 saturated heterocycles. The molecule has 5 aromatic rings. The van der Waals surface area contributed by atoms with Crippen LogP contribution in [0, 0.1) is 5.82 Å². The van der Waals surface area contributed by atoms with Crippen molar-refractivity contribution in [2.45, 2.75) is 25.1 Å². The molecule has 0 radical (unpaired) electrons. The zero-order chi connectivity index (χ0) is 23.7.